The molecule has 1 N–H and O–H groups in total. The van der Waals surface area contributed by atoms with Gasteiger partial charge in [-0.2, -0.15) is 0 Å². The maximum absolute atomic E-state index is 11.1. The predicted octanol–water partition coefficient (Wildman–Crippen LogP) is 2.35. The molecule has 86 valence electrons. The van der Waals surface area contributed by atoms with Gasteiger partial charge in [-0.05, 0) is 24.0 Å². The molecule has 0 heterocycles. The fraction of sp³-hybridized carbons (Fsp3) is 0.462. The Morgan fingerprint density at radius 3 is 2.62 bits per heavy atom. The second-order valence-electron chi connectivity index (χ2n) is 4.18. The van der Waals surface area contributed by atoms with Crippen LogP contribution in [0, 0.1) is 0 Å². The van der Waals surface area contributed by atoms with E-state index in [0.29, 0.717) is 0 Å². The number of amides is 1. The van der Waals surface area contributed by atoms with Crippen LogP contribution in [0.1, 0.15) is 43.0 Å². The highest BCUT2D eigenvalue weighted by Crippen LogP contribution is 2.37. The topological polar surface area (TPSA) is 38.3 Å². The Hall–Kier alpha value is -1.35. The maximum atomic E-state index is 11.1. The quantitative estimate of drug-likeness (QED) is 0.829. The van der Waals surface area contributed by atoms with Crippen molar-refractivity contribution in [2.75, 3.05) is 7.11 Å². The largest absolute Gasteiger partial charge is 0.377 e. The van der Waals surface area contributed by atoms with Crippen molar-refractivity contribution in [1.82, 2.24) is 5.32 Å². The summed E-state index contributed by atoms with van der Waals surface area (Å²) in [6.45, 7) is 1.56. The van der Waals surface area contributed by atoms with Gasteiger partial charge in [0, 0.05) is 14.0 Å². The number of methoxy groups -OCH3 is 1. The van der Waals surface area contributed by atoms with Gasteiger partial charge in [0.05, 0.1) is 12.1 Å². The molecule has 1 aromatic carbocycles. The lowest BCUT2D eigenvalue weighted by Gasteiger charge is -2.31. The van der Waals surface area contributed by atoms with Crippen LogP contribution >= 0.6 is 0 Å². The number of rotatable bonds is 2. The first kappa shape index (κ1) is 11.1. The summed E-state index contributed by atoms with van der Waals surface area (Å²) in [6.07, 6.45) is 2.06. The minimum atomic E-state index is 0.0238. The molecule has 0 spiro atoms. The van der Waals surface area contributed by atoms with Crippen LogP contribution in [0.4, 0.5) is 0 Å². The van der Waals surface area contributed by atoms with Crippen LogP contribution < -0.4 is 5.32 Å². The number of carbonyl (C=O) groups is 1. The summed E-state index contributed by atoms with van der Waals surface area (Å²) in [5.74, 6) is 0.0238. The third-order valence-electron chi connectivity index (χ3n) is 3.10. The predicted molar refractivity (Wildman–Crippen MR) is 62.0 cm³/mol. The first-order valence-electron chi connectivity index (χ1n) is 5.61. The average Bonchev–Trinajstić information content (AvgIpc) is 2.29. The summed E-state index contributed by atoms with van der Waals surface area (Å²) in [6, 6.07) is 8.31. The first-order valence-corrected chi connectivity index (χ1v) is 5.61. The summed E-state index contributed by atoms with van der Waals surface area (Å²) in [4.78, 5) is 11.1. The molecule has 0 bridgehead atoms. The van der Waals surface area contributed by atoms with Crippen LogP contribution in [0.3, 0.4) is 0 Å². The summed E-state index contributed by atoms with van der Waals surface area (Å²) >= 11 is 0. The zero-order chi connectivity index (χ0) is 11.5. The first-order chi connectivity index (χ1) is 7.72. The molecule has 0 aromatic heterocycles. The van der Waals surface area contributed by atoms with Gasteiger partial charge in [0.25, 0.3) is 0 Å². The molecule has 0 aliphatic heterocycles. The Kier molecular flexibility index (Phi) is 3.25. The fourth-order valence-corrected chi connectivity index (χ4v) is 2.39. The summed E-state index contributed by atoms with van der Waals surface area (Å²) in [5.41, 5.74) is 2.39. The fourth-order valence-electron chi connectivity index (χ4n) is 2.39. The summed E-state index contributed by atoms with van der Waals surface area (Å²) in [5, 5.41) is 2.99. The average molecular weight is 219 g/mol. The highest BCUT2D eigenvalue weighted by atomic mass is 16.5. The van der Waals surface area contributed by atoms with Gasteiger partial charge in [0.2, 0.25) is 5.91 Å². The molecular formula is C13H17NO2. The molecule has 1 aliphatic rings. The molecule has 2 atom stereocenters. The minimum absolute atomic E-state index is 0.0238. The molecule has 2 rings (SSSR count). The molecule has 1 aromatic rings. The molecule has 16 heavy (non-hydrogen) atoms. The van der Waals surface area contributed by atoms with Crippen LogP contribution in [0.2, 0.25) is 0 Å². The molecule has 1 amide bonds. The van der Waals surface area contributed by atoms with Crippen molar-refractivity contribution >= 4 is 5.91 Å². The Labute approximate surface area is 95.8 Å². The molecular weight excluding hydrogens is 202 g/mol. The standard InChI is InChI=1S/C13H17NO2/c1-9(15)14-12-7-8-13(16-2)11-6-4-3-5-10(11)12/h3-6,12-13H,7-8H2,1-2H3,(H,14,15)/t12-,13-/m0/s1. The lowest BCUT2D eigenvalue weighted by atomic mass is 9.85. The Balaban J connectivity index is 2.31. The van der Waals surface area contributed by atoms with E-state index in [-0.39, 0.29) is 18.1 Å². The van der Waals surface area contributed by atoms with Gasteiger partial charge in [0.15, 0.2) is 0 Å². The van der Waals surface area contributed by atoms with Gasteiger partial charge in [0.1, 0.15) is 0 Å². The van der Waals surface area contributed by atoms with Gasteiger partial charge >= 0.3 is 0 Å². The molecule has 1 aliphatic carbocycles. The zero-order valence-electron chi connectivity index (χ0n) is 9.69. The SMILES string of the molecule is CO[C@H]1CC[C@H](NC(C)=O)c2ccccc21. The van der Waals surface area contributed by atoms with Crippen molar-refractivity contribution in [3.63, 3.8) is 0 Å². The molecule has 3 nitrogen and oxygen atoms in total. The van der Waals surface area contributed by atoms with Crippen LogP contribution in [-0.4, -0.2) is 13.0 Å². The van der Waals surface area contributed by atoms with Crippen molar-refractivity contribution in [2.45, 2.75) is 31.9 Å². The van der Waals surface area contributed by atoms with E-state index in [4.69, 9.17) is 4.74 Å². The molecule has 0 saturated carbocycles. The smallest absolute Gasteiger partial charge is 0.217 e. The molecule has 3 heteroatoms. The van der Waals surface area contributed by atoms with E-state index >= 15 is 0 Å². The van der Waals surface area contributed by atoms with E-state index in [1.54, 1.807) is 14.0 Å². The van der Waals surface area contributed by atoms with Crippen molar-refractivity contribution in [1.29, 1.82) is 0 Å². The van der Waals surface area contributed by atoms with Crippen LogP contribution in [0.5, 0.6) is 0 Å². The number of benzene rings is 1. The minimum Gasteiger partial charge on any atom is -0.377 e. The summed E-state index contributed by atoms with van der Waals surface area (Å²) in [7, 11) is 1.74. The number of fused-ring (bicyclic) bond motifs is 1. The molecule has 0 saturated heterocycles. The molecule has 0 fully saturated rings. The van der Waals surface area contributed by atoms with Crippen LogP contribution in [0.15, 0.2) is 24.3 Å². The van der Waals surface area contributed by atoms with Gasteiger partial charge in [-0.15, -0.1) is 0 Å². The van der Waals surface area contributed by atoms with Gasteiger partial charge in [-0.1, -0.05) is 24.3 Å². The molecule has 0 radical (unpaired) electrons. The Morgan fingerprint density at radius 1 is 1.31 bits per heavy atom. The number of nitrogens with one attached hydrogen (secondary N) is 1. The summed E-state index contributed by atoms with van der Waals surface area (Å²) < 4.78 is 5.46. The van der Waals surface area contributed by atoms with E-state index in [1.165, 1.54) is 11.1 Å². The normalized spacial score (nSPS) is 23.6. The van der Waals surface area contributed by atoms with Crippen molar-refractivity contribution in [2.24, 2.45) is 0 Å². The van der Waals surface area contributed by atoms with Gasteiger partial charge in [-0.25, -0.2) is 0 Å². The Morgan fingerprint density at radius 2 is 2.00 bits per heavy atom. The lowest BCUT2D eigenvalue weighted by Crippen LogP contribution is -2.30. The van der Waals surface area contributed by atoms with E-state index in [0.717, 1.165) is 12.8 Å². The van der Waals surface area contributed by atoms with Gasteiger partial charge < -0.3 is 10.1 Å². The number of carbonyl (C=O) groups excluding carboxylic acids is 1. The number of hydrogen-bond acceptors (Lipinski definition) is 2. The highest BCUT2D eigenvalue weighted by molar-refractivity contribution is 5.73. The second kappa shape index (κ2) is 4.66. The lowest BCUT2D eigenvalue weighted by molar-refractivity contribution is -0.119. The van der Waals surface area contributed by atoms with E-state index in [1.807, 2.05) is 12.1 Å². The maximum Gasteiger partial charge on any atom is 0.217 e. The van der Waals surface area contributed by atoms with Crippen molar-refractivity contribution in [3.8, 4) is 0 Å². The Bertz CT molecular complexity index is 389. The van der Waals surface area contributed by atoms with E-state index in [9.17, 15) is 4.79 Å². The molecule has 0 unspecified atom stereocenters. The number of ether oxygens (including phenoxy) is 1. The number of hydrogen-bond donors (Lipinski definition) is 1. The monoisotopic (exact) mass is 219 g/mol. The van der Waals surface area contributed by atoms with E-state index < -0.39 is 0 Å². The van der Waals surface area contributed by atoms with E-state index in [2.05, 4.69) is 17.4 Å². The van der Waals surface area contributed by atoms with Crippen LogP contribution in [-0.2, 0) is 9.53 Å². The second-order valence-corrected chi connectivity index (χ2v) is 4.18. The zero-order valence-corrected chi connectivity index (χ0v) is 9.69. The van der Waals surface area contributed by atoms with Crippen molar-refractivity contribution < 1.29 is 9.53 Å². The third-order valence-corrected chi connectivity index (χ3v) is 3.10. The third kappa shape index (κ3) is 2.09. The van der Waals surface area contributed by atoms with Gasteiger partial charge in [-0.3, -0.25) is 4.79 Å². The van der Waals surface area contributed by atoms with Crippen molar-refractivity contribution in [3.05, 3.63) is 35.4 Å². The highest BCUT2D eigenvalue weighted by Gasteiger charge is 2.26. The van der Waals surface area contributed by atoms with Crippen LogP contribution in [0.25, 0.3) is 0 Å².